The van der Waals surface area contributed by atoms with Crippen LogP contribution in [0.4, 0.5) is 4.39 Å². The molecule has 0 aromatic heterocycles. The number of piperazine rings is 1. The van der Waals surface area contributed by atoms with Gasteiger partial charge in [0.25, 0.3) is 0 Å². The normalized spacial score (nSPS) is 23.6. The van der Waals surface area contributed by atoms with Crippen molar-refractivity contribution >= 4 is 5.91 Å². The number of halogens is 1. The van der Waals surface area contributed by atoms with Gasteiger partial charge in [0.1, 0.15) is 5.82 Å². The van der Waals surface area contributed by atoms with Crippen LogP contribution in [0.3, 0.4) is 0 Å². The van der Waals surface area contributed by atoms with Gasteiger partial charge in [-0.3, -0.25) is 4.79 Å². The molecule has 1 aliphatic heterocycles. The van der Waals surface area contributed by atoms with E-state index in [9.17, 15) is 9.18 Å². The number of hydrogen-bond donors (Lipinski definition) is 1. The maximum absolute atomic E-state index is 12.0. The second-order valence-corrected chi connectivity index (χ2v) is 5.91. The van der Waals surface area contributed by atoms with Crippen molar-refractivity contribution in [3.8, 4) is 0 Å². The van der Waals surface area contributed by atoms with Crippen molar-refractivity contribution in [3.63, 3.8) is 0 Å². The highest BCUT2D eigenvalue weighted by Crippen LogP contribution is 2.46. The summed E-state index contributed by atoms with van der Waals surface area (Å²) in [6.45, 7) is 6.99. The predicted octanol–water partition coefficient (Wildman–Crippen LogP) is 2.43. The van der Waals surface area contributed by atoms with Gasteiger partial charge in [0, 0.05) is 31.1 Å². The van der Waals surface area contributed by atoms with Crippen LogP contribution in [0, 0.1) is 11.2 Å². The third-order valence-electron chi connectivity index (χ3n) is 4.01. The number of hydrogen-bond acceptors (Lipinski definition) is 2. The number of nitrogens with one attached hydrogen (secondary N) is 1. The lowest BCUT2D eigenvalue weighted by atomic mass is 10.1. The van der Waals surface area contributed by atoms with E-state index in [0.717, 1.165) is 32.5 Å². The van der Waals surface area contributed by atoms with E-state index in [1.54, 1.807) is 18.2 Å². The molecule has 4 heteroatoms. The van der Waals surface area contributed by atoms with Crippen molar-refractivity contribution in [2.24, 2.45) is 5.41 Å². The van der Waals surface area contributed by atoms with E-state index in [-0.39, 0.29) is 11.2 Å². The molecule has 1 aliphatic carbocycles. The number of nitrogens with zero attached hydrogens (tertiary/aromatic N) is 1. The van der Waals surface area contributed by atoms with Gasteiger partial charge in [-0.25, -0.2) is 4.39 Å². The summed E-state index contributed by atoms with van der Waals surface area (Å²) in [7, 11) is 0. The van der Waals surface area contributed by atoms with Gasteiger partial charge < -0.3 is 10.2 Å². The summed E-state index contributed by atoms with van der Waals surface area (Å²) in [6.07, 6.45) is 2.17. The number of amides is 1. The van der Waals surface area contributed by atoms with E-state index in [0.29, 0.717) is 11.9 Å². The Kier molecular flexibility index (Phi) is 4.76. The van der Waals surface area contributed by atoms with Crippen LogP contribution in [0.2, 0.25) is 0 Å². The monoisotopic (exact) mass is 278 g/mol. The van der Waals surface area contributed by atoms with Gasteiger partial charge in [-0.1, -0.05) is 25.1 Å². The summed E-state index contributed by atoms with van der Waals surface area (Å²) in [5, 5.41) is 3.30. The van der Waals surface area contributed by atoms with Crippen molar-refractivity contribution in [2.75, 3.05) is 19.6 Å². The van der Waals surface area contributed by atoms with Gasteiger partial charge in [-0.05, 0) is 31.9 Å². The average molecular weight is 278 g/mol. The molecule has 110 valence electrons. The van der Waals surface area contributed by atoms with Crippen molar-refractivity contribution in [2.45, 2.75) is 32.7 Å². The summed E-state index contributed by atoms with van der Waals surface area (Å²) in [5.41, 5.74) is 0.00556. The number of benzene rings is 1. The third-order valence-corrected chi connectivity index (χ3v) is 4.01. The lowest BCUT2D eigenvalue weighted by molar-refractivity contribution is -0.139. The molecule has 0 bridgehead atoms. The molecule has 1 N–H and O–H groups in total. The van der Waals surface area contributed by atoms with Crippen molar-refractivity contribution < 1.29 is 9.18 Å². The van der Waals surface area contributed by atoms with Gasteiger partial charge in [0.2, 0.25) is 5.91 Å². The first-order valence-corrected chi connectivity index (χ1v) is 7.25. The molecule has 3 nitrogen and oxygen atoms in total. The van der Waals surface area contributed by atoms with E-state index < -0.39 is 0 Å². The van der Waals surface area contributed by atoms with Crippen LogP contribution in [-0.4, -0.2) is 36.5 Å². The molecule has 1 saturated carbocycles. The maximum atomic E-state index is 12.0. The van der Waals surface area contributed by atoms with E-state index in [4.69, 9.17) is 0 Å². The Labute approximate surface area is 120 Å². The zero-order valence-corrected chi connectivity index (χ0v) is 12.2. The van der Waals surface area contributed by atoms with Crippen molar-refractivity contribution in [1.29, 1.82) is 0 Å². The Morgan fingerprint density at radius 1 is 1.35 bits per heavy atom. The molecule has 20 heavy (non-hydrogen) atoms. The molecule has 2 aliphatic rings. The highest BCUT2D eigenvalue weighted by Gasteiger charge is 2.48. The first-order valence-electron chi connectivity index (χ1n) is 7.25. The van der Waals surface area contributed by atoms with Gasteiger partial charge >= 0.3 is 0 Å². The summed E-state index contributed by atoms with van der Waals surface area (Å²) >= 11 is 0. The number of carbonyl (C=O) groups excluding carboxylic acids is 1. The van der Waals surface area contributed by atoms with Gasteiger partial charge in [-0.15, -0.1) is 0 Å². The fraction of sp³-hybridized carbons (Fsp3) is 0.562. The molecular formula is C16H23FN2O. The van der Waals surface area contributed by atoms with Crippen LogP contribution < -0.4 is 5.32 Å². The van der Waals surface area contributed by atoms with Crippen LogP contribution in [0.1, 0.15) is 26.7 Å². The molecule has 1 atom stereocenters. The quantitative estimate of drug-likeness (QED) is 0.855. The smallest absolute Gasteiger partial charge is 0.228 e. The molecule has 3 rings (SSSR count). The molecule has 1 amide bonds. The second-order valence-electron chi connectivity index (χ2n) is 5.91. The predicted molar refractivity (Wildman–Crippen MR) is 77.8 cm³/mol. The molecule has 0 radical (unpaired) electrons. The Morgan fingerprint density at radius 3 is 2.45 bits per heavy atom. The minimum atomic E-state index is -0.178. The van der Waals surface area contributed by atoms with E-state index in [2.05, 4.69) is 19.2 Å². The molecule has 0 spiro atoms. The largest absolute Gasteiger partial charge is 0.337 e. The lowest BCUT2D eigenvalue weighted by Gasteiger charge is -2.35. The molecule has 1 heterocycles. The molecule has 2 fully saturated rings. The maximum Gasteiger partial charge on any atom is 0.228 e. The second kappa shape index (κ2) is 6.35. The zero-order valence-electron chi connectivity index (χ0n) is 12.2. The standard InChI is InChI=1S/C10H18N2O.C6H5F/c1-8-7-11-5-6-12(8)9(13)10(2)3-4-10;7-6-4-2-1-3-5-6/h8,11H,3-7H2,1-2H3;1-5H. The summed E-state index contributed by atoms with van der Waals surface area (Å²) in [6, 6.07) is 8.31. The minimum Gasteiger partial charge on any atom is -0.337 e. The van der Waals surface area contributed by atoms with Crippen LogP contribution in [0.5, 0.6) is 0 Å². The molecule has 1 unspecified atom stereocenters. The summed E-state index contributed by atoms with van der Waals surface area (Å²) < 4.78 is 11.9. The van der Waals surface area contributed by atoms with Gasteiger partial charge in [0.05, 0.1) is 0 Å². The van der Waals surface area contributed by atoms with Crippen molar-refractivity contribution in [3.05, 3.63) is 36.1 Å². The van der Waals surface area contributed by atoms with Crippen LogP contribution in [0.25, 0.3) is 0 Å². The fourth-order valence-electron chi connectivity index (χ4n) is 2.31. The molecule has 1 aromatic rings. The first kappa shape index (κ1) is 15.0. The van der Waals surface area contributed by atoms with Crippen LogP contribution in [-0.2, 0) is 4.79 Å². The first-order chi connectivity index (χ1) is 9.53. The Hall–Kier alpha value is -1.42. The average Bonchev–Trinajstić information content (AvgIpc) is 3.19. The molecule has 1 aromatic carbocycles. The lowest BCUT2D eigenvalue weighted by Crippen LogP contribution is -2.53. The summed E-state index contributed by atoms with van der Waals surface area (Å²) in [5.74, 6) is 0.198. The van der Waals surface area contributed by atoms with E-state index in [1.165, 1.54) is 12.1 Å². The Morgan fingerprint density at radius 2 is 2.00 bits per heavy atom. The minimum absolute atomic E-state index is 0.00556. The van der Waals surface area contributed by atoms with Crippen LogP contribution >= 0.6 is 0 Å². The van der Waals surface area contributed by atoms with E-state index in [1.807, 2.05) is 4.90 Å². The SMILES string of the molecule is CC1CNCCN1C(=O)C1(C)CC1.Fc1ccccc1. The topological polar surface area (TPSA) is 32.3 Å². The summed E-state index contributed by atoms with van der Waals surface area (Å²) in [4.78, 5) is 14.0. The number of carbonyl (C=O) groups is 1. The Balaban J connectivity index is 0.000000178. The fourth-order valence-corrected chi connectivity index (χ4v) is 2.31. The number of rotatable bonds is 1. The van der Waals surface area contributed by atoms with Crippen molar-refractivity contribution in [1.82, 2.24) is 10.2 Å². The van der Waals surface area contributed by atoms with Gasteiger partial charge in [-0.2, -0.15) is 0 Å². The zero-order chi connectivity index (χ0) is 14.6. The highest BCUT2D eigenvalue weighted by molar-refractivity contribution is 5.85. The van der Waals surface area contributed by atoms with Crippen LogP contribution in [0.15, 0.2) is 30.3 Å². The molecular weight excluding hydrogens is 255 g/mol. The molecule has 1 saturated heterocycles. The third kappa shape index (κ3) is 3.79. The van der Waals surface area contributed by atoms with Gasteiger partial charge in [0.15, 0.2) is 0 Å². The Bertz CT molecular complexity index is 445. The highest BCUT2D eigenvalue weighted by atomic mass is 19.1. The van der Waals surface area contributed by atoms with E-state index >= 15 is 0 Å².